The Hall–Kier alpha value is -3.50. The second kappa shape index (κ2) is 9.55. The van der Waals surface area contributed by atoms with Crippen molar-refractivity contribution < 1.29 is 17.6 Å². The average molecular weight is 483 g/mol. The van der Waals surface area contributed by atoms with Gasteiger partial charge in [0, 0.05) is 16.8 Å². The van der Waals surface area contributed by atoms with Gasteiger partial charge in [-0.15, -0.1) is 11.3 Å². The van der Waals surface area contributed by atoms with Gasteiger partial charge in [0.05, 0.1) is 31.2 Å². The SMILES string of the molecule is Cc1ccc(NC(=O)c2nc(S(C)(=O)=O)ncc2N(Cc2ccco2)Cc2cccs2)cc1. The van der Waals surface area contributed by atoms with Gasteiger partial charge in [-0.2, -0.15) is 0 Å². The first kappa shape index (κ1) is 22.7. The quantitative estimate of drug-likeness (QED) is 0.373. The Balaban J connectivity index is 1.76. The van der Waals surface area contributed by atoms with Crippen LogP contribution in [0.2, 0.25) is 0 Å². The number of thiophene rings is 1. The molecule has 0 spiro atoms. The van der Waals surface area contributed by atoms with Crippen molar-refractivity contribution in [3.63, 3.8) is 0 Å². The van der Waals surface area contributed by atoms with Gasteiger partial charge in [-0.25, -0.2) is 18.4 Å². The molecule has 1 N–H and O–H groups in total. The van der Waals surface area contributed by atoms with E-state index in [0.29, 0.717) is 30.2 Å². The third-order valence-electron chi connectivity index (χ3n) is 4.80. The molecule has 4 rings (SSSR count). The minimum absolute atomic E-state index is 0.0332. The number of hydrogen-bond donors (Lipinski definition) is 1. The molecule has 170 valence electrons. The summed E-state index contributed by atoms with van der Waals surface area (Å²) in [5, 5.41) is 4.36. The van der Waals surface area contributed by atoms with Crippen LogP contribution in [0.5, 0.6) is 0 Å². The molecule has 0 radical (unpaired) electrons. The average Bonchev–Trinajstić information content (AvgIpc) is 3.48. The minimum Gasteiger partial charge on any atom is -0.467 e. The van der Waals surface area contributed by atoms with Gasteiger partial charge in [-0.3, -0.25) is 4.79 Å². The highest BCUT2D eigenvalue weighted by molar-refractivity contribution is 7.90. The Bertz CT molecular complexity index is 1300. The highest BCUT2D eigenvalue weighted by Crippen LogP contribution is 2.26. The summed E-state index contributed by atoms with van der Waals surface area (Å²) in [6.07, 6.45) is 3.97. The number of nitrogens with one attached hydrogen (secondary N) is 1. The monoisotopic (exact) mass is 482 g/mol. The van der Waals surface area contributed by atoms with E-state index in [9.17, 15) is 13.2 Å². The van der Waals surface area contributed by atoms with Gasteiger partial charge in [0.25, 0.3) is 5.91 Å². The molecule has 0 unspecified atom stereocenters. The number of hydrogen-bond acceptors (Lipinski definition) is 8. The van der Waals surface area contributed by atoms with Crippen molar-refractivity contribution in [1.82, 2.24) is 9.97 Å². The molecule has 1 amide bonds. The number of anilines is 2. The van der Waals surface area contributed by atoms with E-state index in [1.807, 2.05) is 47.5 Å². The summed E-state index contributed by atoms with van der Waals surface area (Å²) in [6.45, 7) is 2.76. The lowest BCUT2D eigenvalue weighted by molar-refractivity contribution is 0.102. The number of nitrogens with zero attached hydrogens (tertiary/aromatic N) is 3. The summed E-state index contributed by atoms with van der Waals surface area (Å²) in [4.78, 5) is 24.4. The van der Waals surface area contributed by atoms with E-state index in [1.165, 1.54) is 6.20 Å². The third-order valence-corrected chi connectivity index (χ3v) is 6.52. The molecule has 0 aliphatic heterocycles. The maximum absolute atomic E-state index is 13.3. The molecule has 1 aromatic carbocycles. The number of carbonyl (C=O) groups excluding carboxylic acids is 1. The van der Waals surface area contributed by atoms with Gasteiger partial charge in [-0.05, 0) is 42.6 Å². The number of aryl methyl sites for hydroxylation is 1. The number of amides is 1. The van der Waals surface area contributed by atoms with Crippen molar-refractivity contribution in [2.24, 2.45) is 0 Å². The second-order valence-corrected chi connectivity index (χ2v) is 10.4. The normalized spacial score (nSPS) is 11.3. The lowest BCUT2D eigenvalue weighted by Crippen LogP contribution is -2.27. The Morgan fingerprint density at radius 1 is 1.12 bits per heavy atom. The van der Waals surface area contributed by atoms with E-state index in [2.05, 4.69) is 15.3 Å². The van der Waals surface area contributed by atoms with E-state index in [1.54, 1.807) is 35.8 Å². The summed E-state index contributed by atoms with van der Waals surface area (Å²) in [5.41, 5.74) is 1.99. The zero-order valence-electron chi connectivity index (χ0n) is 18.1. The van der Waals surface area contributed by atoms with Crippen LogP contribution in [0.15, 0.2) is 75.9 Å². The summed E-state index contributed by atoms with van der Waals surface area (Å²) < 4.78 is 29.7. The topological polar surface area (TPSA) is 105 Å². The summed E-state index contributed by atoms with van der Waals surface area (Å²) >= 11 is 1.57. The van der Waals surface area contributed by atoms with Crippen LogP contribution in [-0.2, 0) is 22.9 Å². The second-order valence-electron chi connectivity index (χ2n) is 7.49. The molecule has 10 heteroatoms. The third kappa shape index (κ3) is 5.65. The van der Waals surface area contributed by atoms with Gasteiger partial charge in [0.15, 0.2) is 5.69 Å². The molecule has 0 aliphatic carbocycles. The van der Waals surface area contributed by atoms with Crippen molar-refractivity contribution >= 4 is 38.5 Å². The Morgan fingerprint density at radius 3 is 2.55 bits per heavy atom. The van der Waals surface area contributed by atoms with Gasteiger partial charge < -0.3 is 14.6 Å². The van der Waals surface area contributed by atoms with Gasteiger partial charge in [0.1, 0.15) is 5.76 Å². The van der Waals surface area contributed by atoms with Gasteiger partial charge in [-0.1, -0.05) is 23.8 Å². The van der Waals surface area contributed by atoms with Gasteiger partial charge in [0.2, 0.25) is 15.0 Å². The summed E-state index contributed by atoms with van der Waals surface area (Å²) in [5.74, 6) is 0.153. The predicted molar refractivity (Wildman–Crippen MR) is 127 cm³/mol. The number of furan rings is 1. The number of carbonyl (C=O) groups is 1. The lowest BCUT2D eigenvalue weighted by Gasteiger charge is -2.25. The highest BCUT2D eigenvalue weighted by atomic mass is 32.2. The van der Waals surface area contributed by atoms with Crippen molar-refractivity contribution in [3.8, 4) is 0 Å². The molecule has 0 saturated carbocycles. The molecule has 4 aromatic rings. The predicted octanol–water partition coefficient (Wildman–Crippen LogP) is 4.30. The zero-order chi connectivity index (χ0) is 23.4. The van der Waals surface area contributed by atoms with Crippen molar-refractivity contribution in [1.29, 1.82) is 0 Å². The first-order valence-corrected chi connectivity index (χ1v) is 12.8. The van der Waals surface area contributed by atoms with Crippen LogP contribution in [0.1, 0.15) is 26.7 Å². The standard InChI is InChI=1S/C23H22N4O4S2/c1-16-7-9-17(10-8-16)25-22(28)21-20(13-24-23(26-21)33(2,29)30)27(14-18-5-3-11-31-18)15-19-6-4-12-32-19/h3-13H,14-15H2,1-2H3,(H,25,28). The summed E-state index contributed by atoms with van der Waals surface area (Å²) in [7, 11) is -3.72. The van der Waals surface area contributed by atoms with E-state index in [-0.39, 0.29) is 5.69 Å². The summed E-state index contributed by atoms with van der Waals surface area (Å²) in [6, 6.07) is 14.8. The molecule has 0 bridgehead atoms. The lowest BCUT2D eigenvalue weighted by atomic mass is 10.2. The van der Waals surface area contributed by atoms with Crippen molar-refractivity contribution in [2.75, 3.05) is 16.5 Å². The molecule has 33 heavy (non-hydrogen) atoms. The molecule has 0 atom stereocenters. The van der Waals surface area contributed by atoms with Crippen molar-refractivity contribution in [2.45, 2.75) is 25.2 Å². The van der Waals surface area contributed by atoms with E-state index >= 15 is 0 Å². The molecule has 0 fully saturated rings. The molecule has 3 heterocycles. The van der Waals surface area contributed by atoms with Crippen molar-refractivity contribution in [3.05, 3.63) is 88.3 Å². The molecular formula is C23H22N4O4S2. The number of benzene rings is 1. The maximum Gasteiger partial charge on any atom is 0.276 e. The molecule has 8 nitrogen and oxygen atoms in total. The van der Waals surface area contributed by atoms with Crippen LogP contribution >= 0.6 is 11.3 Å². The van der Waals surface area contributed by atoms with Crippen LogP contribution in [0, 0.1) is 6.92 Å². The van der Waals surface area contributed by atoms with Crippen LogP contribution in [0.3, 0.4) is 0 Å². The first-order chi connectivity index (χ1) is 15.8. The van der Waals surface area contributed by atoms with Crippen LogP contribution < -0.4 is 10.2 Å². The minimum atomic E-state index is -3.72. The Kier molecular flexibility index (Phi) is 6.57. The molecular weight excluding hydrogens is 460 g/mol. The van der Waals surface area contributed by atoms with E-state index in [4.69, 9.17) is 4.42 Å². The van der Waals surface area contributed by atoms with E-state index < -0.39 is 20.9 Å². The fourth-order valence-corrected chi connectivity index (χ4v) is 4.39. The largest absolute Gasteiger partial charge is 0.467 e. The van der Waals surface area contributed by atoms with Crippen LogP contribution in [0.4, 0.5) is 11.4 Å². The Morgan fingerprint density at radius 2 is 1.91 bits per heavy atom. The molecule has 0 saturated heterocycles. The highest BCUT2D eigenvalue weighted by Gasteiger charge is 2.24. The zero-order valence-corrected chi connectivity index (χ0v) is 19.7. The Labute approximate surface area is 195 Å². The van der Waals surface area contributed by atoms with Crippen LogP contribution in [0.25, 0.3) is 0 Å². The van der Waals surface area contributed by atoms with Gasteiger partial charge >= 0.3 is 0 Å². The first-order valence-electron chi connectivity index (χ1n) is 10.0. The maximum atomic E-state index is 13.3. The van der Waals surface area contributed by atoms with E-state index in [0.717, 1.165) is 16.7 Å². The fourth-order valence-electron chi connectivity index (χ4n) is 3.17. The fraction of sp³-hybridized carbons (Fsp3) is 0.174. The number of sulfone groups is 1. The molecule has 3 aromatic heterocycles. The van der Waals surface area contributed by atoms with Crippen LogP contribution in [-0.4, -0.2) is 30.5 Å². The number of aromatic nitrogens is 2. The smallest absolute Gasteiger partial charge is 0.276 e. The number of rotatable bonds is 8. The molecule has 0 aliphatic rings.